The molecule has 18 nitrogen and oxygen atoms in total. The van der Waals surface area contributed by atoms with Crippen LogP contribution in [0.4, 0.5) is 0 Å². The van der Waals surface area contributed by atoms with Crippen LogP contribution in [-0.2, 0) is 39.7 Å². The first-order chi connectivity index (χ1) is 31.9. The molecule has 1 aliphatic heterocycles. The lowest BCUT2D eigenvalue weighted by atomic mass is 9.43. The van der Waals surface area contributed by atoms with Crippen LogP contribution < -0.4 is 54.8 Å². The molecule has 1 unspecified atom stereocenters. The molecule has 0 radical (unpaired) electrons. The maximum absolute atomic E-state index is 13.8. The number of amides is 6. The number of nitrogens with two attached hydrogens (primary N) is 4. The molecule has 6 amide bonds. The SMILES string of the molecule is CCCCc1ccc(-c2ccc(C(=O)NCCCC[C@H](NC(=O)[C@H](CCN)NC(C)=O)C(=O)N[C@@H](N)C(=O)N[C@@H](CCCCN)C(=O)N[C@@H](N)B3OC4C[C@@H]5C[C@@H](C5(C)C)[C@]4(C)O3)cc2)cc1. The van der Waals surface area contributed by atoms with Gasteiger partial charge in [0, 0.05) is 19.0 Å². The molecular weight excluding hydrogens is 855 g/mol. The van der Waals surface area contributed by atoms with Crippen molar-refractivity contribution in [1.82, 2.24) is 31.9 Å². The molecule has 0 spiro atoms. The second-order valence-corrected chi connectivity index (χ2v) is 19.2. The number of hydrogen-bond donors (Lipinski definition) is 10. The zero-order valence-corrected chi connectivity index (χ0v) is 40.0. The van der Waals surface area contributed by atoms with Gasteiger partial charge >= 0.3 is 7.12 Å². The smallest absolute Gasteiger partial charge is 0.403 e. The third-order valence-electron chi connectivity index (χ3n) is 14.0. The summed E-state index contributed by atoms with van der Waals surface area (Å²) in [6.45, 7) is 10.7. The fraction of sp³-hybridized carbons (Fsp3) is 0.625. The Balaban J connectivity index is 1.15. The molecule has 368 valence electrons. The lowest BCUT2D eigenvalue weighted by Crippen LogP contribution is -2.65. The highest BCUT2D eigenvalue weighted by Crippen LogP contribution is 2.65. The van der Waals surface area contributed by atoms with E-state index in [0.29, 0.717) is 49.6 Å². The Hall–Kier alpha value is -4.92. The molecule has 2 bridgehead atoms. The summed E-state index contributed by atoms with van der Waals surface area (Å²) in [5.41, 5.74) is 27.5. The van der Waals surface area contributed by atoms with E-state index < -0.39 is 72.6 Å². The number of rotatable bonds is 26. The van der Waals surface area contributed by atoms with Crippen LogP contribution in [-0.4, -0.2) is 104 Å². The van der Waals surface area contributed by atoms with Crippen molar-refractivity contribution in [3.8, 4) is 11.1 Å². The molecule has 67 heavy (non-hydrogen) atoms. The molecule has 0 aromatic heterocycles. The van der Waals surface area contributed by atoms with Gasteiger partial charge in [0.1, 0.15) is 24.2 Å². The van der Waals surface area contributed by atoms with Crippen LogP contribution >= 0.6 is 0 Å². The minimum atomic E-state index is -1.63. The number of aryl methyl sites for hydroxylation is 1. The van der Waals surface area contributed by atoms with Gasteiger partial charge in [0.2, 0.25) is 23.6 Å². The van der Waals surface area contributed by atoms with Crippen molar-refractivity contribution in [3.63, 3.8) is 0 Å². The van der Waals surface area contributed by atoms with Gasteiger partial charge in [0.05, 0.1) is 11.7 Å². The minimum Gasteiger partial charge on any atom is -0.403 e. The summed E-state index contributed by atoms with van der Waals surface area (Å²) in [5, 5.41) is 16.0. The fourth-order valence-corrected chi connectivity index (χ4v) is 9.79. The predicted molar refractivity (Wildman–Crippen MR) is 257 cm³/mol. The summed E-state index contributed by atoms with van der Waals surface area (Å²) in [7, 11) is -0.893. The quantitative estimate of drug-likeness (QED) is 0.0366. The van der Waals surface area contributed by atoms with E-state index in [1.54, 1.807) is 12.1 Å². The van der Waals surface area contributed by atoms with E-state index in [9.17, 15) is 28.8 Å². The molecule has 3 saturated carbocycles. The largest absolute Gasteiger partial charge is 0.497 e. The van der Waals surface area contributed by atoms with Crippen molar-refractivity contribution < 1.29 is 38.1 Å². The van der Waals surface area contributed by atoms with Gasteiger partial charge in [-0.15, -0.1) is 0 Å². The molecule has 1 heterocycles. The first-order valence-corrected chi connectivity index (χ1v) is 24.1. The highest BCUT2D eigenvalue weighted by atomic mass is 16.7. The summed E-state index contributed by atoms with van der Waals surface area (Å²) in [6, 6.07) is 11.5. The predicted octanol–water partition coefficient (Wildman–Crippen LogP) is 1.62. The second-order valence-electron chi connectivity index (χ2n) is 19.2. The Morgan fingerprint density at radius 2 is 1.28 bits per heavy atom. The van der Waals surface area contributed by atoms with E-state index in [1.807, 2.05) is 19.1 Å². The Bertz CT molecular complexity index is 2010. The standard InChI is InChI=1S/C48H75BN10O8/c1-6-7-12-30-15-17-31(18-16-30)32-19-21-33(22-20-32)41(61)54-26-11-9-14-35(56-42(62)37(23-25-51)55-29(2)60)43(63)58-40(52)45(65)57-36(13-8-10-24-50)44(64)59-46(53)49-66-39-28-34-27-38(47(34,3)4)48(39,5)67-49/h15-22,34-40,46H,6-14,23-28,50-53H2,1-5H3,(H,54,61)(H,55,60)(H,56,62)(H,57,65)(H,58,63)(H,59,64)/t34-,35-,36-,37-,38-,39?,40+,46+,48-/m0/s1. The van der Waals surface area contributed by atoms with Gasteiger partial charge in [-0.25, -0.2) is 0 Å². The fourth-order valence-electron chi connectivity index (χ4n) is 9.79. The third kappa shape index (κ3) is 13.8. The summed E-state index contributed by atoms with van der Waals surface area (Å²) in [6.07, 6.45) is 5.73. The Morgan fingerprint density at radius 1 is 0.701 bits per heavy atom. The number of carbonyl (C=O) groups excluding carboxylic acids is 6. The van der Waals surface area contributed by atoms with E-state index in [4.69, 9.17) is 32.2 Å². The molecule has 4 fully saturated rings. The number of hydrogen-bond acceptors (Lipinski definition) is 12. The van der Waals surface area contributed by atoms with Crippen molar-refractivity contribution >= 4 is 42.6 Å². The first-order valence-electron chi connectivity index (χ1n) is 24.1. The van der Waals surface area contributed by atoms with Crippen LogP contribution in [0.5, 0.6) is 0 Å². The summed E-state index contributed by atoms with van der Waals surface area (Å²) >= 11 is 0. The van der Waals surface area contributed by atoms with Crippen LogP contribution in [0, 0.1) is 17.3 Å². The molecule has 9 atom stereocenters. The molecule has 2 aromatic carbocycles. The highest BCUT2D eigenvalue weighted by molar-refractivity contribution is 6.47. The molecule has 1 saturated heterocycles. The van der Waals surface area contributed by atoms with Gasteiger partial charge in [0.15, 0.2) is 6.17 Å². The molecular formula is C48H75BN10O8. The molecule has 14 N–H and O–H groups in total. The maximum Gasteiger partial charge on any atom is 0.497 e. The molecule has 19 heteroatoms. The van der Waals surface area contributed by atoms with Crippen molar-refractivity contribution in [2.24, 2.45) is 40.2 Å². The zero-order chi connectivity index (χ0) is 48.9. The normalized spacial score (nSPS) is 22.4. The van der Waals surface area contributed by atoms with Crippen molar-refractivity contribution in [2.45, 2.75) is 154 Å². The highest BCUT2D eigenvalue weighted by Gasteiger charge is 2.68. The Morgan fingerprint density at radius 3 is 1.88 bits per heavy atom. The number of carbonyl (C=O) groups is 6. The molecule has 3 aliphatic carbocycles. The lowest BCUT2D eigenvalue weighted by molar-refractivity contribution is -0.199. The van der Waals surface area contributed by atoms with E-state index >= 15 is 0 Å². The van der Waals surface area contributed by atoms with Crippen LogP contribution in [0.3, 0.4) is 0 Å². The van der Waals surface area contributed by atoms with Crippen molar-refractivity contribution in [2.75, 3.05) is 19.6 Å². The van der Waals surface area contributed by atoms with Crippen molar-refractivity contribution in [3.05, 3.63) is 59.7 Å². The Kier molecular flexibility index (Phi) is 19.3. The number of nitrogens with one attached hydrogen (secondary N) is 6. The van der Waals surface area contributed by atoms with Crippen molar-refractivity contribution in [1.29, 1.82) is 0 Å². The maximum atomic E-state index is 13.8. The Labute approximate surface area is 395 Å². The van der Waals surface area contributed by atoms with Gasteiger partial charge in [-0.1, -0.05) is 63.6 Å². The van der Waals surface area contributed by atoms with Gasteiger partial charge in [-0.3, -0.25) is 28.8 Å². The number of unbranched alkanes of at least 4 members (excludes halogenated alkanes) is 3. The average molecular weight is 931 g/mol. The minimum absolute atomic E-state index is 0.0830. The summed E-state index contributed by atoms with van der Waals surface area (Å²) in [5.74, 6) is -2.77. The first kappa shape index (κ1) is 53.0. The van der Waals surface area contributed by atoms with Gasteiger partial charge < -0.3 is 64.1 Å². The topological polar surface area (TPSA) is 297 Å². The lowest BCUT2D eigenvalue weighted by Gasteiger charge is -2.64. The zero-order valence-electron chi connectivity index (χ0n) is 40.0. The van der Waals surface area contributed by atoms with Gasteiger partial charge in [0.25, 0.3) is 11.8 Å². The van der Waals surface area contributed by atoms with Crippen LogP contribution in [0.2, 0.25) is 0 Å². The van der Waals surface area contributed by atoms with Crippen LogP contribution in [0.15, 0.2) is 48.5 Å². The molecule has 6 rings (SSSR count). The van der Waals surface area contributed by atoms with E-state index in [0.717, 1.165) is 43.2 Å². The van der Waals surface area contributed by atoms with Crippen LogP contribution in [0.1, 0.15) is 121 Å². The number of benzene rings is 2. The van der Waals surface area contributed by atoms with E-state index in [1.165, 1.54) is 12.5 Å². The summed E-state index contributed by atoms with van der Waals surface area (Å²) < 4.78 is 12.7. The molecule has 2 aromatic rings. The van der Waals surface area contributed by atoms with E-state index in [-0.39, 0.29) is 49.8 Å². The molecule has 4 aliphatic rings. The average Bonchev–Trinajstić information content (AvgIpc) is 3.67. The van der Waals surface area contributed by atoms with Gasteiger partial charge in [-0.05, 0) is 137 Å². The second kappa shape index (κ2) is 24.4. The third-order valence-corrected chi connectivity index (χ3v) is 14.0. The monoisotopic (exact) mass is 931 g/mol. The van der Waals surface area contributed by atoms with Crippen LogP contribution in [0.25, 0.3) is 11.1 Å². The summed E-state index contributed by atoms with van der Waals surface area (Å²) in [4.78, 5) is 79.2. The van der Waals surface area contributed by atoms with Gasteiger partial charge in [-0.2, -0.15) is 0 Å². The van der Waals surface area contributed by atoms with E-state index in [2.05, 4.69) is 76.9 Å².